The summed E-state index contributed by atoms with van der Waals surface area (Å²) in [5.41, 5.74) is 5.35. The number of primary amides is 1. The number of halogens is 2. The number of allylic oxidation sites excluding steroid dienone is 1. The minimum Gasteiger partial charge on any atom is -0.446 e. The van der Waals surface area contributed by atoms with E-state index in [1.807, 2.05) is 20.8 Å². The van der Waals surface area contributed by atoms with Crippen LogP contribution in [0.5, 0.6) is 0 Å². The van der Waals surface area contributed by atoms with Crippen molar-refractivity contribution in [3.63, 3.8) is 0 Å². The van der Waals surface area contributed by atoms with Gasteiger partial charge in [0.15, 0.2) is 11.4 Å². The molecule has 112 valence electrons. The highest BCUT2D eigenvalue weighted by Crippen LogP contribution is 2.36. The minimum atomic E-state index is -0.901. The fourth-order valence-corrected chi connectivity index (χ4v) is 1.76. The van der Waals surface area contributed by atoms with E-state index in [0.717, 1.165) is 6.07 Å². The van der Waals surface area contributed by atoms with Gasteiger partial charge in [0.25, 0.3) is 5.91 Å². The number of carbonyl (C=O) groups is 1. The van der Waals surface area contributed by atoms with Crippen LogP contribution in [0.15, 0.2) is 28.8 Å². The average molecular weight is 294 g/mol. The van der Waals surface area contributed by atoms with Gasteiger partial charge in [0.05, 0.1) is 11.1 Å². The summed E-state index contributed by atoms with van der Waals surface area (Å²) < 4.78 is 32.3. The Morgan fingerprint density at radius 3 is 2.48 bits per heavy atom. The highest BCUT2D eigenvalue weighted by molar-refractivity contribution is 6.06. The molecule has 2 aromatic rings. The van der Waals surface area contributed by atoms with Crippen molar-refractivity contribution in [2.75, 3.05) is 5.32 Å². The van der Waals surface area contributed by atoms with E-state index in [-0.39, 0.29) is 27.8 Å². The van der Waals surface area contributed by atoms with Crippen molar-refractivity contribution >= 4 is 22.6 Å². The summed E-state index contributed by atoms with van der Waals surface area (Å²) >= 11 is 0. The summed E-state index contributed by atoms with van der Waals surface area (Å²) in [7, 11) is 0. The molecule has 0 unspecified atom stereocenters. The lowest BCUT2D eigenvalue weighted by atomic mass is 9.92. The van der Waals surface area contributed by atoms with E-state index in [1.165, 1.54) is 0 Å². The third-order valence-corrected chi connectivity index (χ3v) is 3.11. The molecule has 6 heteroatoms. The van der Waals surface area contributed by atoms with Gasteiger partial charge in [0, 0.05) is 17.2 Å². The number of benzene rings is 1. The van der Waals surface area contributed by atoms with Crippen LogP contribution in [-0.4, -0.2) is 5.91 Å². The molecule has 0 bridgehead atoms. The molecule has 3 N–H and O–H groups in total. The SMILES string of the molecule is C=C(Nc1c(C(N)=O)oc2c(F)cc(F)cc12)C(C)(C)C. The highest BCUT2D eigenvalue weighted by Gasteiger charge is 2.24. The zero-order valence-corrected chi connectivity index (χ0v) is 12.0. The molecule has 21 heavy (non-hydrogen) atoms. The number of carbonyl (C=O) groups excluding carboxylic acids is 1. The van der Waals surface area contributed by atoms with E-state index in [9.17, 15) is 13.6 Å². The van der Waals surface area contributed by atoms with Crippen LogP contribution in [0.3, 0.4) is 0 Å². The lowest BCUT2D eigenvalue weighted by Gasteiger charge is -2.23. The van der Waals surface area contributed by atoms with Crippen molar-refractivity contribution in [1.29, 1.82) is 0 Å². The summed E-state index contributed by atoms with van der Waals surface area (Å²) in [6.45, 7) is 9.56. The molecule has 0 aliphatic heterocycles. The summed E-state index contributed by atoms with van der Waals surface area (Å²) in [5.74, 6) is -2.82. The van der Waals surface area contributed by atoms with Gasteiger partial charge in [-0.25, -0.2) is 8.78 Å². The number of amides is 1. The molecule has 0 saturated carbocycles. The summed E-state index contributed by atoms with van der Waals surface area (Å²) in [5, 5.41) is 2.99. The zero-order valence-electron chi connectivity index (χ0n) is 12.0. The Morgan fingerprint density at radius 2 is 1.95 bits per heavy atom. The third-order valence-electron chi connectivity index (χ3n) is 3.11. The lowest BCUT2D eigenvalue weighted by Crippen LogP contribution is -2.18. The fourth-order valence-electron chi connectivity index (χ4n) is 1.76. The van der Waals surface area contributed by atoms with Crippen molar-refractivity contribution in [2.24, 2.45) is 11.1 Å². The van der Waals surface area contributed by atoms with Gasteiger partial charge >= 0.3 is 0 Å². The number of rotatable bonds is 3. The summed E-state index contributed by atoms with van der Waals surface area (Å²) in [6.07, 6.45) is 0. The first-order valence-corrected chi connectivity index (χ1v) is 6.29. The maximum absolute atomic E-state index is 13.7. The Hall–Kier alpha value is -2.37. The molecular weight excluding hydrogens is 278 g/mol. The van der Waals surface area contributed by atoms with E-state index < -0.39 is 17.5 Å². The van der Waals surface area contributed by atoms with E-state index >= 15 is 0 Å². The molecule has 0 aliphatic rings. The van der Waals surface area contributed by atoms with Gasteiger partial charge in [-0.1, -0.05) is 27.4 Å². The Morgan fingerprint density at radius 1 is 1.33 bits per heavy atom. The van der Waals surface area contributed by atoms with Gasteiger partial charge in [-0.15, -0.1) is 0 Å². The van der Waals surface area contributed by atoms with Crippen LogP contribution in [0, 0.1) is 17.0 Å². The molecule has 0 radical (unpaired) electrons. The molecule has 0 fully saturated rings. The molecule has 0 aliphatic carbocycles. The summed E-state index contributed by atoms with van der Waals surface area (Å²) in [6, 6.07) is 1.76. The molecule has 0 spiro atoms. The first kappa shape index (κ1) is 15.0. The van der Waals surface area contributed by atoms with Crippen LogP contribution in [0.2, 0.25) is 0 Å². The molecule has 1 amide bonds. The normalized spacial score (nSPS) is 11.7. The minimum absolute atomic E-state index is 0.103. The van der Waals surface area contributed by atoms with Crippen LogP contribution in [0.25, 0.3) is 11.0 Å². The predicted molar refractivity (Wildman–Crippen MR) is 76.9 cm³/mol. The van der Waals surface area contributed by atoms with Gasteiger partial charge in [-0.05, 0) is 6.07 Å². The Kier molecular flexibility index (Phi) is 3.49. The van der Waals surface area contributed by atoms with Crippen molar-refractivity contribution < 1.29 is 18.0 Å². The van der Waals surface area contributed by atoms with Crippen LogP contribution < -0.4 is 11.1 Å². The molecule has 4 nitrogen and oxygen atoms in total. The van der Waals surface area contributed by atoms with Crippen molar-refractivity contribution in [1.82, 2.24) is 0 Å². The van der Waals surface area contributed by atoms with Gasteiger partial charge in [0.1, 0.15) is 5.82 Å². The molecule has 1 aromatic carbocycles. The van der Waals surface area contributed by atoms with Crippen LogP contribution in [0.4, 0.5) is 14.5 Å². The number of fused-ring (bicyclic) bond motifs is 1. The van der Waals surface area contributed by atoms with Crippen molar-refractivity contribution in [3.8, 4) is 0 Å². The van der Waals surface area contributed by atoms with Gasteiger partial charge in [-0.2, -0.15) is 0 Å². The quantitative estimate of drug-likeness (QED) is 0.905. The van der Waals surface area contributed by atoms with E-state index in [4.69, 9.17) is 10.2 Å². The number of hydrogen-bond acceptors (Lipinski definition) is 3. The average Bonchev–Trinajstić information content (AvgIpc) is 2.67. The van der Waals surface area contributed by atoms with E-state index in [2.05, 4.69) is 11.9 Å². The van der Waals surface area contributed by atoms with E-state index in [0.29, 0.717) is 11.8 Å². The van der Waals surface area contributed by atoms with Gasteiger partial charge in [-0.3, -0.25) is 4.79 Å². The molecule has 0 atom stereocenters. The second-order valence-electron chi connectivity index (χ2n) is 5.79. The first-order valence-electron chi connectivity index (χ1n) is 6.29. The predicted octanol–water partition coefficient (Wildman–Crippen LogP) is 3.78. The summed E-state index contributed by atoms with van der Waals surface area (Å²) in [4.78, 5) is 11.5. The number of hydrogen-bond donors (Lipinski definition) is 2. The standard InChI is InChI=1S/C15H16F2N2O2/c1-7(15(2,3)4)19-11-9-5-8(16)6-10(17)12(9)21-13(11)14(18)20/h5-6,19H,1H2,2-4H3,(H2,18,20). The molecule has 2 rings (SSSR count). The van der Waals surface area contributed by atoms with Gasteiger partial charge in [0.2, 0.25) is 5.76 Å². The largest absolute Gasteiger partial charge is 0.446 e. The Labute approximate surface area is 120 Å². The molecule has 0 saturated heterocycles. The topological polar surface area (TPSA) is 68.3 Å². The second-order valence-corrected chi connectivity index (χ2v) is 5.79. The molecule has 1 aromatic heterocycles. The number of furan rings is 1. The second kappa shape index (κ2) is 4.87. The fraction of sp³-hybridized carbons (Fsp3) is 0.267. The van der Waals surface area contributed by atoms with Crippen molar-refractivity contribution in [3.05, 3.63) is 41.8 Å². The number of nitrogens with two attached hydrogens (primary N) is 1. The maximum Gasteiger partial charge on any atom is 0.286 e. The number of anilines is 1. The van der Waals surface area contributed by atoms with Gasteiger partial charge < -0.3 is 15.5 Å². The smallest absolute Gasteiger partial charge is 0.286 e. The lowest BCUT2D eigenvalue weighted by molar-refractivity contribution is 0.0977. The Balaban J connectivity index is 2.67. The maximum atomic E-state index is 13.7. The van der Waals surface area contributed by atoms with Crippen LogP contribution in [0.1, 0.15) is 31.3 Å². The number of nitrogens with one attached hydrogen (secondary N) is 1. The van der Waals surface area contributed by atoms with Crippen LogP contribution >= 0.6 is 0 Å². The van der Waals surface area contributed by atoms with Crippen LogP contribution in [-0.2, 0) is 0 Å². The van der Waals surface area contributed by atoms with Crippen molar-refractivity contribution in [2.45, 2.75) is 20.8 Å². The third kappa shape index (κ3) is 2.74. The molecular formula is C15H16F2N2O2. The Bertz CT molecular complexity index is 742. The zero-order chi connectivity index (χ0) is 15.9. The highest BCUT2D eigenvalue weighted by atomic mass is 19.1. The monoisotopic (exact) mass is 294 g/mol. The first-order chi connectivity index (χ1) is 9.61. The molecule has 1 heterocycles. The van der Waals surface area contributed by atoms with E-state index in [1.54, 1.807) is 0 Å².